The summed E-state index contributed by atoms with van der Waals surface area (Å²) in [6.07, 6.45) is -0.960. The average molecular weight is 338 g/mol. The van der Waals surface area contributed by atoms with Crippen molar-refractivity contribution in [2.45, 2.75) is 16.8 Å². The number of β-amino-alcohol motifs (C(OH)–C–C–N with tert-alkyl or cyclic N) is 1. The zero-order valence-electron chi connectivity index (χ0n) is 11.4. The topological polar surface area (TPSA) is 26.7 Å². The minimum Gasteiger partial charge on any atom is -0.387 e. The molecule has 1 aliphatic rings. The Morgan fingerprint density at radius 1 is 1.10 bits per heavy atom. The van der Waals surface area contributed by atoms with Gasteiger partial charge in [-0.2, -0.15) is 0 Å². The van der Waals surface area contributed by atoms with Gasteiger partial charge in [0.2, 0.25) is 3.79 Å². The fourth-order valence-corrected chi connectivity index (χ4v) is 2.50. The van der Waals surface area contributed by atoms with E-state index in [0.717, 1.165) is 26.2 Å². The van der Waals surface area contributed by atoms with Crippen LogP contribution in [0.2, 0.25) is 0 Å². The summed E-state index contributed by atoms with van der Waals surface area (Å²) in [7, 11) is 0. The van der Waals surface area contributed by atoms with Crippen molar-refractivity contribution in [1.29, 1.82) is 0 Å². The molecule has 1 saturated heterocycles. The highest BCUT2D eigenvalue weighted by atomic mass is 35.6. The van der Waals surface area contributed by atoms with E-state index in [1.807, 2.05) is 0 Å². The van der Waals surface area contributed by atoms with Gasteiger partial charge in [0.05, 0.1) is 0 Å². The lowest BCUT2D eigenvalue weighted by Gasteiger charge is -2.37. The molecule has 6 heteroatoms. The average Bonchev–Trinajstić information content (AvgIpc) is 2.39. The van der Waals surface area contributed by atoms with Crippen molar-refractivity contribution >= 4 is 40.5 Å². The van der Waals surface area contributed by atoms with Gasteiger partial charge in [0.25, 0.3) is 0 Å². The lowest BCUT2D eigenvalue weighted by atomic mass is 10.2. The van der Waals surface area contributed by atoms with Crippen LogP contribution in [0, 0.1) is 6.92 Å². The molecule has 2 rings (SSSR count). The van der Waals surface area contributed by atoms with E-state index in [-0.39, 0.29) is 0 Å². The van der Waals surface area contributed by atoms with Crippen LogP contribution in [0.1, 0.15) is 5.56 Å². The maximum Gasteiger partial charge on any atom is 0.217 e. The fourth-order valence-electron chi connectivity index (χ4n) is 2.29. The molecule has 1 aromatic carbocycles. The molecular formula is C14H19Cl3N2O. The third kappa shape index (κ3) is 4.40. The monoisotopic (exact) mass is 336 g/mol. The zero-order valence-corrected chi connectivity index (χ0v) is 13.7. The van der Waals surface area contributed by atoms with Crippen molar-refractivity contribution in [1.82, 2.24) is 4.90 Å². The molecule has 1 N–H and O–H groups in total. The molecule has 0 amide bonds. The predicted octanol–water partition coefficient (Wildman–Crippen LogP) is 2.85. The Balaban J connectivity index is 1.85. The summed E-state index contributed by atoms with van der Waals surface area (Å²) in [4.78, 5) is 4.45. The van der Waals surface area contributed by atoms with Gasteiger partial charge >= 0.3 is 0 Å². The molecule has 112 valence electrons. The number of hydrogen-bond acceptors (Lipinski definition) is 3. The van der Waals surface area contributed by atoms with Crippen molar-refractivity contribution in [3.8, 4) is 0 Å². The van der Waals surface area contributed by atoms with E-state index in [4.69, 9.17) is 34.8 Å². The van der Waals surface area contributed by atoms with Gasteiger partial charge in [-0.05, 0) is 19.1 Å². The molecule has 1 heterocycles. The van der Waals surface area contributed by atoms with Gasteiger partial charge in [0.1, 0.15) is 6.10 Å². The van der Waals surface area contributed by atoms with Gasteiger partial charge in [-0.1, -0.05) is 52.5 Å². The van der Waals surface area contributed by atoms with Gasteiger partial charge in [0, 0.05) is 38.4 Å². The highest BCUT2D eigenvalue weighted by Crippen LogP contribution is 2.30. The Bertz CT molecular complexity index is 425. The van der Waals surface area contributed by atoms with Crippen LogP contribution in [0.3, 0.4) is 0 Å². The number of alkyl halides is 3. The van der Waals surface area contributed by atoms with Crippen molar-refractivity contribution in [2.75, 3.05) is 37.6 Å². The van der Waals surface area contributed by atoms with Crippen LogP contribution in [-0.4, -0.2) is 52.6 Å². The summed E-state index contributed by atoms with van der Waals surface area (Å²) in [5.74, 6) is 0. The van der Waals surface area contributed by atoms with Crippen LogP contribution < -0.4 is 4.90 Å². The highest BCUT2D eigenvalue weighted by molar-refractivity contribution is 6.68. The first-order valence-electron chi connectivity index (χ1n) is 6.65. The van der Waals surface area contributed by atoms with E-state index in [9.17, 15) is 5.11 Å². The third-order valence-electron chi connectivity index (χ3n) is 3.58. The summed E-state index contributed by atoms with van der Waals surface area (Å²) in [6, 6.07) is 8.52. The molecular weight excluding hydrogens is 319 g/mol. The van der Waals surface area contributed by atoms with E-state index in [2.05, 4.69) is 41.0 Å². The second-order valence-corrected chi connectivity index (χ2v) is 7.55. The molecule has 0 bridgehead atoms. The first kappa shape index (κ1) is 16.2. The van der Waals surface area contributed by atoms with E-state index in [1.165, 1.54) is 11.3 Å². The van der Waals surface area contributed by atoms with Crippen molar-refractivity contribution in [3.05, 3.63) is 29.8 Å². The normalized spacial score (nSPS) is 19.1. The summed E-state index contributed by atoms with van der Waals surface area (Å²) in [6.45, 7) is 6.00. The van der Waals surface area contributed by atoms with Gasteiger partial charge in [-0.25, -0.2) is 0 Å². The Hall–Kier alpha value is -0.190. The number of nitrogens with zero attached hydrogens (tertiary/aromatic N) is 2. The molecule has 1 unspecified atom stereocenters. The standard InChI is InChI=1S/C14H19Cl3N2O/c1-11-2-4-12(5-3-11)19-8-6-18(7-9-19)10-13(20)14(15,16)17/h2-5,13,20H,6-10H2,1H3. The van der Waals surface area contributed by atoms with Crippen LogP contribution in [0.15, 0.2) is 24.3 Å². The van der Waals surface area contributed by atoms with E-state index in [1.54, 1.807) is 0 Å². The Kier molecular flexibility index (Phi) is 5.43. The number of piperazine rings is 1. The molecule has 0 spiro atoms. The van der Waals surface area contributed by atoms with Crippen LogP contribution in [0.25, 0.3) is 0 Å². The van der Waals surface area contributed by atoms with Crippen LogP contribution >= 0.6 is 34.8 Å². The molecule has 1 aromatic rings. The number of benzene rings is 1. The predicted molar refractivity (Wildman–Crippen MR) is 86.1 cm³/mol. The number of anilines is 1. The number of aliphatic hydroxyl groups excluding tert-OH is 1. The maximum atomic E-state index is 9.80. The second kappa shape index (κ2) is 6.71. The minimum atomic E-state index is -1.62. The zero-order chi connectivity index (χ0) is 14.8. The quantitative estimate of drug-likeness (QED) is 0.859. The first-order valence-corrected chi connectivity index (χ1v) is 7.78. The lowest BCUT2D eigenvalue weighted by molar-refractivity contribution is 0.111. The number of halogens is 3. The summed E-state index contributed by atoms with van der Waals surface area (Å²) < 4.78 is -1.62. The molecule has 0 aromatic heterocycles. The molecule has 0 aliphatic carbocycles. The molecule has 3 nitrogen and oxygen atoms in total. The maximum absolute atomic E-state index is 9.80. The molecule has 0 radical (unpaired) electrons. The van der Waals surface area contributed by atoms with Gasteiger partial charge in [-0.15, -0.1) is 0 Å². The van der Waals surface area contributed by atoms with Crippen molar-refractivity contribution < 1.29 is 5.11 Å². The SMILES string of the molecule is Cc1ccc(N2CCN(CC(O)C(Cl)(Cl)Cl)CC2)cc1. The van der Waals surface area contributed by atoms with Gasteiger partial charge in [0.15, 0.2) is 0 Å². The Morgan fingerprint density at radius 3 is 2.15 bits per heavy atom. The number of hydrogen-bond donors (Lipinski definition) is 1. The van der Waals surface area contributed by atoms with Gasteiger partial charge < -0.3 is 10.0 Å². The fraction of sp³-hybridized carbons (Fsp3) is 0.571. The second-order valence-electron chi connectivity index (χ2n) is 5.18. The van der Waals surface area contributed by atoms with E-state index >= 15 is 0 Å². The van der Waals surface area contributed by atoms with Crippen LogP contribution in [0.4, 0.5) is 5.69 Å². The van der Waals surface area contributed by atoms with E-state index in [0.29, 0.717) is 6.54 Å². The number of rotatable bonds is 3. The number of aryl methyl sites for hydroxylation is 1. The largest absolute Gasteiger partial charge is 0.387 e. The summed E-state index contributed by atoms with van der Waals surface area (Å²) in [5, 5.41) is 9.80. The van der Waals surface area contributed by atoms with Crippen LogP contribution in [0.5, 0.6) is 0 Å². The molecule has 1 atom stereocenters. The van der Waals surface area contributed by atoms with Gasteiger partial charge in [-0.3, -0.25) is 4.90 Å². The third-order valence-corrected chi connectivity index (χ3v) is 4.34. The summed E-state index contributed by atoms with van der Waals surface area (Å²) in [5.41, 5.74) is 2.50. The summed E-state index contributed by atoms with van der Waals surface area (Å²) >= 11 is 17.1. The lowest BCUT2D eigenvalue weighted by Crippen LogP contribution is -2.50. The Morgan fingerprint density at radius 2 is 1.65 bits per heavy atom. The minimum absolute atomic E-state index is 0.387. The smallest absolute Gasteiger partial charge is 0.217 e. The van der Waals surface area contributed by atoms with Crippen molar-refractivity contribution in [3.63, 3.8) is 0 Å². The molecule has 0 saturated carbocycles. The van der Waals surface area contributed by atoms with Crippen molar-refractivity contribution in [2.24, 2.45) is 0 Å². The Labute approximate surface area is 135 Å². The molecule has 1 aliphatic heterocycles. The first-order chi connectivity index (χ1) is 9.36. The van der Waals surface area contributed by atoms with Crippen LogP contribution in [-0.2, 0) is 0 Å². The van der Waals surface area contributed by atoms with E-state index < -0.39 is 9.90 Å². The highest BCUT2D eigenvalue weighted by Gasteiger charge is 2.32. The molecule has 1 fully saturated rings. The number of aliphatic hydroxyl groups is 1. The molecule has 20 heavy (non-hydrogen) atoms.